The SMILES string of the molecule is CCCCCCCC(C1CCCCC1)C(S)C(S)(CCCCC)OC(P=O)(C(=O)O)C(O)OCCC. The molecule has 0 aromatic heterocycles. The maximum atomic E-state index is 12.4. The number of thiol groups is 2. The first kappa shape index (κ1) is 34.2. The van der Waals surface area contributed by atoms with Crippen molar-refractivity contribution in [2.75, 3.05) is 6.61 Å². The van der Waals surface area contributed by atoms with Gasteiger partial charge in [-0.15, -0.1) is 12.6 Å². The van der Waals surface area contributed by atoms with Crippen molar-refractivity contribution in [1.29, 1.82) is 0 Å². The quantitative estimate of drug-likeness (QED) is 0.0489. The van der Waals surface area contributed by atoms with Crippen LogP contribution < -0.4 is 0 Å². The van der Waals surface area contributed by atoms with Crippen molar-refractivity contribution in [3.63, 3.8) is 0 Å². The third-order valence-corrected chi connectivity index (χ3v) is 9.86. The van der Waals surface area contributed by atoms with E-state index in [1.54, 1.807) is 0 Å². The Labute approximate surface area is 232 Å². The van der Waals surface area contributed by atoms with Crippen LogP contribution >= 0.6 is 33.7 Å². The first-order valence-corrected chi connectivity index (χ1v) is 16.0. The van der Waals surface area contributed by atoms with Crippen molar-refractivity contribution in [1.82, 2.24) is 0 Å². The van der Waals surface area contributed by atoms with E-state index in [2.05, 4.69) is 13.8 Å². The number of aliphatic carboxylic acids is 1. The number of unbranched alkanes of at least 4 members (excludes halogenated alkanes) is 6. The van der Waals surface area contributed by atoms with E-state index < -0.39 is 31.0 Å². The van der Waals surface area contributed by atoms with E-state index in [4.69, 9.17) is 34.7 Å². The molecule has 0 radical (unpaired) electrons. The third-order valence-electron chi connectivity index (χ3n) is 7.49. The lowest BCUT2D eigenvalue weighted by atomic mass is 9.74. The van der Waals surface area contributed by atoms with Gasteiger partial charge in [-0.3, -0.25) is 4.57 Å². The molecule has 1 aliphatic carbocycles. The second-order valence-corrected chi connectivity index (χ2v) is 12.6. The normalized spacial score (nSPS) is 20.9. The molecule has 0 saturated heterocycles. The Kier molecular flexibility index (Phi) is 17.5. The summed E-state index contributed by atoms with van der Waals surface area (Å²) in [6, 6.07) is 0. The fourth-order valence-electron chi connectivity index (χ4n) is 5.33. The van der Waals surface area contributed by atoms with Gasteiger partial charge >= 0.3 is 5.97 Å². The standard InChI is InChI=1S/C27H51O6PS2/c1-4-7-9-10-14-18-22(21-16-12-11-13-17-21)23(35)26(36,19-15-8-5-2)33-27(34-31,24(28)29)25(30)32-20-6-3/h21-23,25,30,35-36H,4-20H2,1-3H3,(H,28,29). The summed E-state index contributed by atoms with van der Waals surface area (Å²) in [6.07, 6.45) is 14.5. The van der Waals surface area contributed by atoms with E-state index in [-0.39, 0.29) is 17.8 Å². The summed E-state index contributed by atoms with van der Waals surface area (Å²) < 4.78 is 23.9. The average molecular weight is 567 g/mol. The number of carboxylic acids is 1. The molecular weight excluding hydrogens is 515 g/mol. The highest BCUT2D eigenvalue weighted by molar-refractivity contribution is 7.85. The molecular formula is C27H51O6PS2. The zero-order valence-corrected chi connectivity index (χ0v) is 25.4. The van der Waals surface area contributed by atoms with Crippen molar-refractivity contribution < 1.29 is 29.0 Å². The Hall–Kier alpha value is 0.150. The van der Waals surface area contributed by atoms with E-state index in [9.17, 15) is 19.6 Å². The summed E-state index contributed by atoms with van der Waals surface area (Å²) in [5.41, 5.74) is 0. The van der Waals surface area contributed by atoms with Gasteiger partial charge in [0.1, 0.15) is 4.93 Å². The lowest BCUT2D eigenvalue weighted by molar-refractivity contribution is -0.227. The Morgan fingerprint density at radius 1 is 1.00 bits per heavy atom. The third kappa shape index (κ3) is 10.4. The summed E-state index contributed by atoms with van der Waals surface area (Å²) in [5, 5.41) is 17.9. The fourth-order valence-corrected chi connectivity index (χ4v) is 6.92. The number of carbonyl (C=O) groups is 1. The molecule has 1 aliphatic rings. The topological polar surface area (TPSA) is 93.1 Å². The zero-order valence-electron chi connectivity index (χ0n) is 22.7. The average Bonchev–Trinajstić information content (AvgIpc) is 2.88. The second-order valence-electron chi connectivity index (χ2n) is 10.4. The minimum absolute atomic E-state index is 0.122. The van der Waals surface area contributed by atoms with Crippen molar-refractivity contribution in [2.24, 2.45) is 11.8 Å². The number of hydrogen-bond donors (Lipinski definition) is 4. The van der Waals surface area contributed by atoms with Crippen LogP contribution in [0.1, 0.15) is 124 Å². The van der Waals surface area contributed by atoms with Gasteiger partial charge in [-0.2, -0.15) is 12.6 Å². The first-order chi connectivity index (χ1) is 17.2. The molecule has 0 amide bonds. The van der Waals surface area contributed by atoms with E-state index in [0.717, 1.165) is 51.4 Å². The molecule has 1 rings (SSSR count). The number of ether oxygens (including phenoxy) is 2. The van der Waals surface area contributed by atoms with Gasteiger partial charge in [0.05, 0.1) is 0 Å². The van der Waals surface area contributed by atoms with Crippen LogP contribution in [0.2, 0.25) is 0 Å². The Balaban J connectivity index is 3.30. The van der Waals surface area contributed by atoms with E-state index in [1.165, 1.54) is 38.5 Å². The summed E-state index contributed by atoms with van der Waals surface area (Å²) >= 11 is 10.1. The number of hydrogen-bond acceptors (Lipinski definition) is 7. The van der Waals surface area contributed by atoms with Crippen LogP contribution in [-0.4, -0.2) is 44.6 Å². The Morgan fingerprint density at radius 2 is 1.61 bits per heavy atom. The summed E-state index contributed by atoms with van der Waals surface area (Å²) in [4.78, 5) is 11.1. The van der Waals surface area contributed by atoms with Crippen LogP contribution in [0.3, 0.4) is 0 Å². The van der Waals surface area contributed by atoms with Gasteiger partial charge in [-0.25, -0.2) is 4.79 Å². The van der Waals surface area contributed by atoms with Gasteiger partial charge in [0, 0.05) is 11.9 Å². The van der Waals surface area contributed by atoms with Gasteiger partial charge in [-0.1, -0.05) is 97.8 Å². The molecule has 9 heteroatoms. The van der Waals surface area contributed by atoms with Crippen molar-refractivity contribution in [2.45, 2.75) is 145 Å². The van der Waals surface area contributed by atoms with E-state index in [1.807, 2.05) is 6.92 Å². The highest BCUT2D eigenvalue weighted by atomic mass is 32.1. The van der Waals surface area contributed by atoms with Crippen molar-refractivity contribution >= 4 is 39.7 Å². The molecule has 212 valence electrons. The van der Waals surface area contributed by atoms with Gasteiger partial charge in [0.25, 0.3) is 5.34 Å². The lowest BCUT2D eigenvalue weighted by Crippen LogP contribution is -2.56. The lowest BCUT2D eigenvalue weighted by Gasteiger charge is -2.45. The maximum Gasteiger partial charge on any atom is 0.353 e. The van der Waals surface area contributed by atoms with Crippen molar-refractivity contribution in [3.8, 4) is 0 Å². The van der Waals surface area contributed by atoms with Gasteiger partial charge < -0.3 is 19.7 Å². The molecule has 5 unspecified atom stereocenters. The molecule has 1 saturated carbocycles. The van der Waals surface area contributed by atoms with Crippen molar-refractivity contribution in [3.05, 3.63) is 0 Å². The first-order valence-electron chi connectivity index (χ1n) is 14.2. The Morgan fingerprint density at radius 3 is 2.17 bits per heavy atom. The molecule has 6 nitrogen and oxygen atoms in total. The molecule has 0 spiro atoms. The van der Waals surface area contributed by atoms with Crippen LogP contribution in [0.15, 0.2) is 0 Å². The monoisotopic (exact) mass is 566 g/mol. The molecule has 5 atom stereocenters. The minimum atomic E-state index is -2.47. The zero-order chi connectivity index (χ0) is 27.0. The van der Waals surface area contributed by atoms with E-state index in [0.29, 0.717) is 18.8 Å². The van der Waals surface area contributed by atoms with Crippen LogP contribution in [0.25, 0.3) is 0 Å². The van der Waals surface area contributed by atoms with Crippen LogP contribution in [0, 0.1) is 11.8 Å². The predicted molar refractivity (Wildman–Crippen MR) is 153 cm³/mol. The largest absolute Gasteiger partial charge is 0.478 e. The molecule has 1 fully saturated rings. The summed E-state index contributed by atoms with van der Waals surface area (Å²) in [6.45, 7) is 6.27. The van der Waals surface area contributed by atoms with Crippen LogP contribution in [0.4, 0.5) is 0 Å². The van der Waals surface area contributed by atoms with Gasteiger partial charge in [-0.05, 0) is 37.5 Å². The second kappa shape index (κ2) is 18.4. The molecule has 0 heterocycles. The molecule has 0 aromatic rings. The van der Waals surface area contributed by atoms with Gasteiger partial charge in [0.2, 0.25) is 14.8 Å². The summed E-state index contributed by atoms with van der Waals surface area (Å²) in [5.74, 6) is -0.872. The summed E-state index contributed by atoms with van der Waals surface area (Å²) in [7, 11) is -0.877. The van der Waals surface area contributed by atoms with Crippen LogP contribution in [-0.2, 0) is 18.8 Å². The highest BCUT2D eigenvalue weighted by Gasteiger charge is 2.56. The predicted octanol–water partition coefficient (Wildman–Crippen LogP) is 7.88. The maximum absolute atomic E-state index is 12.4. The number of aliphatic hydroxyl groups is 1. The van der Waals surface area contributed by atoms with Gasteiger partial charge in [0.15, 0.2) is 0 Å². The minimum Gasteiger partial charge on any atom is -0.478 e. The number of carboxylic acid groups (broad SMARTS) is 1. The number of rotatable bonds is 21. The smallest absolute Gasteiger partial charge is 0.353 e. The van der Waals surface area contributed by atoms with Crippen LogP contribution in [0.5, 0.6) is 0 Å². The number of aliphatic hydroxyl groups excluding tert-OH is 1. The Bertz CT molecular complexity index is 621. The molecule has 36 heavy (non-hydrogen) atoms. The molecule has 0 aromatic carbocycles. The molecule has 0 aliphatic heterocycles. The fraction of sp³-hybridized carbons (Fsp3) is 0.963. The van der Waals surface area contributed by atoms with E-state index >= 15 is 0 Å². The molecule has 2 N–H and O–H groups in total. The molecule has 0 bridgehead atoms. The highest BCUT2D eigenvalue weighted by Crippen LogP contribution is 2.48.